The number of hydrogen-bond acceptors (Lipinski definition) is 10. The minimum Gasteiger partial charge on any atom is -0.490 e. The molecule has 9 nitrogen and oxygen atoms in total. The summed E-state index contributed by atoms with van der Waals surface area (Å²) in [6, 6.07) is 11.8. The average Bonchev–Trinajstić information content (AvgIpc) is 3.25. The lowest BCUT2D eigenvalue weighted by molar-refractivity contribution is -0.102. The zero-order valence-electron chi connectivity index (χ0n) is 17.8. The molecule has 3 aromatic rings. The molecule has 0 atom stereocenters. The third-order valence-electron chi connectivity index (χ3n) is 4.36. The van der Waals surface area contributed by atoms with Crippen LogP contribution in [0.5, 0.6) is 5.75 Å². The molecule has 4 N–H and O–H groups in total. The van der Waals surface area contributed by atoms with Crippen LogP contribution < -0.4 is 21.1 Å². The van der Waals surface area contributed by atoms with Gasteiger partial charge in [-0.25, -0.2) is 9.97 Å². The molecule has 1 aromatic carbocycles. The molecule has 3 rings (SSSR count). The summed E-state index contributed by atoms with van der Waals surface area (Å²) in [4.78, 5) is 24.6. The number of carbonyl (C=O) groups is 1. The normalized spacial score (nSPS) is 11.2. The summed E-state index contributed by atoms with van der Waals surface area (Å²) in [5.41, 5.74) is 8.19. The van der Waals surface area contributed by atoms with Crippen molar-refractivity contribution >= 4 is 34.3 Å². The van der Waals surface area contributed by atoms with Gasteiger partial charge in [0.05, 0.1) is 0 Å². The zero-order valence-corrected chi connectivity index (χ0v) is 18.6. The van der Waals surface area contributed by atoms with Crippen LogP contribution in [-0.4, -0.2) is 55.3 Å². The van der Waals surface area contributed by atoms with Crippen LogP contribution in [0.2, 0.25) is 0 Å². The summed E-state index contributed by atoms with van der Waals surface area (Å²) in [6.07, 6.45) is 3.40. The van der Waals surface area contributed by atoms with E-state index in [2.05, 4.69) is 25.8 Å². The lowest BCUT2D eigenvalue weighted by Gasteiger charge is -2.09. The smallest absolute Gasteiger partial charge is 0.180 e. The Labute approximate surface area is 190 Å². The fourth-order valence-electron chi connectivity index (χ4n) is 2.78. The molecule has 0 bridgehead atoms. The standard InChI is InChI=1S/C22H26N6O3S/c1-24-8-2-9-25-21-13-17(7-10-26-21)16-3-5-18(6-4-16)30-11-12-31-28-19(14-29)20-15-32-22(23)27-20/h3-7,10,13-15,24H,2,8-9,11-12H2,1H3,(H2,23,27)(H,25,26)/b28-19+. The van der Waals surface area contributed by atoms with Crippen molar-refractivity contribution in [3.63, 3.8) is 0 Å². The quantitative estimate of drug-likeness (QED) is 0.156. The number of anilines is 2. The van der Waals surface area contributed by atoms with E-state index in [4.69, 9.17) is 15.3 Å². The highest BCUT2D eigenvalue weighted by atomic mass is 32.1. The van der Waals surface area contributed by atoms with Gasteiger partial charge in [-0.15, -0.1) is 11.3 Å². The molecule has 0 saturated heterocycles. The van der Waals surface area contributed by atoms with Crippen molar-refractivity contribution in [2.45, 2.75) is 6.42 Å². The van der Waals surface area contributed by atoms with Gasteiger partial charge in [0, 0.05) is 18.1 Å². The van der Waals surface area contributed by atoms with Crippen molar-refractivity contribution in [3.8, 4) is 16.9 Å². The van der Waals surface area contributed by atoms with Crippen LogP contribution in [-0.2, 0) is 9.63 Å². The molecule has 0 amide bonds. The molecule has 0 unspecified atom stereocenters. The maximum absolute atomic E-state index is 11.1. The second-order valence-corrected chi connectivity index (χ2v) is 7.57. The Morgan fingerprint density at radius 3 is 2.75 bits per heavy atom. The first kappa shape index (κ1) is 23.2. The van der Waals surface area contributed by atoms with Crippen LogP contribution in [0.25, 0.3) is 11.1 Å². The maximum Gasteiger partial charge on any atom is 0.180 e. The van der Waals surface area contributed by atoms with Gasteiger partial charge in [0.2, 0.25) is 0 Å². The van der Waals surface area contributed by atoms with Crippen LogP contribution in [0.1, 0.15) is 12.1 Å². The first-order valence-corrected chi connectivity index (χ1v) is 11.0. The molecule has 0 aliphatic carbocycles. The topological polar surface area (TPSA) is 124 Å². The molecule has 0 radical (unpaired) electrons. The second kappa shape index (κ2) is 12.4. The number of nitrogens with two attached hydrogens (primary N) is 1. The largest absolute Gasteiger partial charge is 0.490 e. The molecule has 0 spiro atoms. The number of nitrogens with zero attached hydrogens (tertiary/aromatic N) is 3. The summed E-state index contributed by atoms with van der Waals surface area (Å²) in [5, 5.41) is 12.3. The van der Waals surface area contributed by atoms with Crippen molar-refractivity contribution in [1.29, 1.82) is 0 Å². The predicted molar refractivity (Wildman–Crippen MR) is 127 cm³/mol. The van der Waals surface area contributed by atoms with Gasteiger partial charge in [0.1, 0.15) is 23.9 Å². The second-order valence-electron chi connectivity index (χ2n) is 6.69. The van der Waals surface area contributed by atoms with Crippen molar-refractivity contribution < 1.29 is 14.4 Å². The highest BCUT2D eigenvalue weighted by Crippen LogP contribution is 2.24. The number of aldehydes is 1. The van der Waals surface area contributed by atoms with E-state index < -0.39 is 0 Å². The van der Waals surface area contributed by atoms with E-state index in [1.807, 2.05) is 43.4 Å². The first-order chi connectivity index (χ1) is 15.7. The highest BCUT2D eigenvalue weighted by molar-refractivity contribution is 7.13. The number of nitrogens with one attached hydrogen (secondary N) is 2. The molecule has 32 heavy (non-hydrogen) atoms. The van der Waals surface area contributed by atoms with E-state index >= 15 is 0 Å². The third-order valence-corrected chi connectivity index (χ3v) is 5.03. The molecule has 0 saturated carbocycles. The predicted octanol–water partition coefficient (Wildman–Crippen LogP) is 2.81. The van der Waals surface area contributed by atoms with Gasteiger partial charge < -0.3 is 25.9 Å². The van der Waals surface area contributed by atoms with E-state index in [1.54, 1.807) is 11.6 Å². The fourth-order valence-corrected chi connectivity index (χ4v) is 3.33. The van der Waals surface area contributed by atoms with Crippen LogP contribution in [0, 0.1) is 0 Å². The number of aromatic nitrogens is 2. The number of carbonyl (C=O) groups excluding carboxylic acids is 1. The number of hydrogen-bond donors (Lipinski definition) is 3. The lowest BCUT2D eigenvalue weighted by atomic mass is 10.1. The summed E-state index contributed by atoms with van der Waals surface area (Å²) in [7, 11) is 1.94. The molecular formula is C22H26N6O3S. The van der Waals surface area contributed by atoms with Crippen LogP contribution in [0.4, 0.5) is 10.9 Å². The first-order valence-electron chi connectivity index (χ1n) is 10.1. The molecule has 0 fully saturated rings. The minimum absolute atomic E-state index is 0.0931. The van der Waals surface area contributed by atoms with Crippen LogP contribution >= 0.6 is 11.3 Å². The molecule has 0 aliphatic rings. The van der Waals surface area contributed by atoms with Crippen LogP contribution in [0.3, 0.4) is 0 Å². The number of thiazole rings is 1. The van der Waals surface area contributed by atoms with E-state index in [0.29, 0.717) is 22.9 Å². The number of rotatable bonds is 13. The van der Waals surface area contributed by atoms with Crippen LogP contribution in [0.15, 0.2) is 53.1 Å². The van der Waals surface area contributed by atoms with E-state index in [9.17, 15) is 4.79 Å². The van der Waals surface area contributed by atoms with E-state index in [0.717, 1.165) is 36.5 Å². The SMILES string of the molecule is CNCCCNc1cc(-c2ccc(OCCO/N=C(\C=O)c3csc(N)n3)cc2)ccn1. The molecular weight excluding hydrogens is 428 g/mol. The van der Waals surface area contributed by atoms with Crippen molar-refractivity contribution in [3.05, 3.63) is 53.7 Å². The molecule has 0 aliphatic heterocycles. The molecule has 2 aromatic heterocycles. The van der Waals surface area contributed by atoms with Crippen molar-refractivity contribution in [2.75, 3.05) is 44.4 Å². The number of oxime groups is 1. The van der Waals surface area contributed by atoms with Gasteiger partial charge in [-0.1, -0.05) is 17.3 Å². The average molecular weight is 455 g/mol. The summed E-state index contributed by atoms with van der Waals surface area (Å²) in [5.74, 6) is 1.57. The Bertz CT molecular complexity index is 1020. The third kappa shape index (κ3) is 7.03. The van der Waals surface area contributed by atoms with Crippen molar-refractivity contribution in [2.24, 2.45) is 5.16 Å². The maximum atomic E-state index is 11.1. The van der Waals surface area contributed by atoms with Crippen molar-refractivity contribution in [1.82, 2.24) is 15.3 Å². The van der Waals surface area contributed by atoms with E-state index in [1.165, 1.54) is 11.3 Å². The Hall–Kier alpha value is -3.50. The number of pyridine rings is 1. The fraction of sp³-hybridized carbons (Fsp3) is 0.273. The number of ether oxygens (including phenoxy) is 1. The molecule has 10 heteroatoms. The van der Waals surface area contributed by atoms with Gasteiger partial charge in [-0.3, -0.25) is 4.79 Å². The monoisotopic (exact) mass is 454 g/mol. The summed E-state index contributed by atoms with van der Waals surface area (Å²) < 4.78 is 5.68. The highest BCUT2D eigenvalue weighted by Gasteiger charge is 2.07. The van der Waals surface area contributed by atoms with Gasteiger partial charge in [0.25, 0.3) is 0 Å². The van der Waals surface area contributed by atoms with Gasteiger partial charge in [-0.2, -0.15) is 0 Å². The van der Waals surface area contributed by atoms with E-state index in [-0.39, 0.29) is 18.9 Å². The molecule has 168 valence electrons. The lowest BCUT2D eigenvalue weighted by Crippen LogP contribution is -2.13. The Balaban J connectivity index is 1.46. The summed E-state index contributed by atoms with van der Waals surface area (Å²) in [6.45, 7) is 2.29. The Morgan fingerprint density at radius 2 is 2.03 bits per heavy atom. The number of benzene rings is 1. The van der Waals surface area contributed by atoms with Gasteiger partial charge in [-0.05, 0) is 55.4 Å². The molecule has 2 heterocycles. The Kier molecular flexibility index (Phi) is 8.96. The zero-order chi connectivity index (χ0) is 22.6. The van der Waals surface area contributed by atoms with Gasteiger partial charge >= 0.3 is 0 Å². The summed E-state index contributed by atoms with van der Waals surface area (Å²) >= 11 is 1.23. The minimum atomic E-state index is 0.0931. The number of nitrogen functional groups attached to an aromatic ring is 1. The Morgan fingerprint density at radius 1 is 1.19 bits per heavy atom. The van der Waals surface area contributed by atoms with Gasteiger partial charge in [0.15, 0.2) is 23.7 Å².